The fourth-order valence-electron chi connectivity index (χ4n) is 2.49. The summed E-state index contributed by atoms with van der Waals surface area (Å²) in [5, 5.41) is 21.4. The molecule has 0 atom stereocenters. The standard InChI is InChI=1S/C22H18N6/c1-15-12-18(4-3-10-23)13-16(2)21(15)27-20-9-11-25-22(28-20)26-19-7-5-17(14-24)6-8-19/h3-9,11-13H,1-2H3,(H2,25,26,27,28)/i5D,6D,7D,8D,9D/hD. The van der Waals surface area contributed by atoms with Gasteiger partial charge in [-0.15, -0.1) is 0 Å². The van der Waals surface area contributed by atoms with Crippen LogP contribution in [0.3, 0.4) is 0 Å². The van der Waals surface area contributed by atoms with E-state index in [1.165, 1.54) is 6.08 Å². The summed E-state index contributed by atoms with van der Waals surface area (Å²) in [6.45, 7) is 3.70. The van der Waals surface area contributed by atoms with Gasteiger partial charge in [0.05, 0.1) is 24.6 Å². The van der Waals surface area contributed by atoms with Gasteiger partial charge in [-0.1, -0.05) is 0 Å². The summed E-state index contributed by atoms with van der Waals surface area (Å²) in [6.07, 6.45) is 4.20. The minimum absolute atomic E-state index is 0.0659. The molecule has 0 unspecified atom stereocenters. The summed E-state index contributed by atoms with van der Waals surface area (Å²) in [7, 11) is 0. The fraction of sp³-hybridized carbons (Fsp3) is 0.0909. The van der Waals surface area contributed by atoms with Crippen LogP contribution in [0.1, 0.15) is 29.1 Å². The Labute approximate surface area is 172 Å². The van der Waals surface area contributed by atoms with E-state index in [0.717, 1.165) is 22.9 Å². The molecule has 0 radical (unpaired) electrons. The van der Waals surface area contributed by atoms with Gasteiger partial charge >= 0.3 is 0 Å². The minimum Gasteiger partial charge on any atom is -0.340 e. The minimum atomic E-state index is -0.576. The number of hydrogen-bond acceptors (Lipinski definition) is 6. The van der Waals surface area contributed by atoms with E-state index in [9.17, 15) is 0 Å². The number of anilines is 4. The van der Waals surface area contributed by atoms with E-state index < -0.39 is 35.4 Å². The van der Waals surface area contributed by atoms with Crippen LogP contribution in [0.2, 0.25) is 1.41 Å². The van der Waals surface area contributed by atoms with Gasteiger partial charge in [0.1, 0.15) is 5.82 Å². The van der Waals surface area contributed by atoms with Crippen LogP contribution >= 0.6 is 0 Å². The topological polar surface area (TPSA) is 97.4 Å². The molecule has 1 heterocycles. The molecule has 0 saturated carbocycles. The van der Waals surface area contributed by atoms with Gasteiger partial charge in [0.15, 0.2) is 1.41 Å². The number of nitriles is 2. The Kier molecular flexibility index (Phi) is 3.72. The lowest BCUT2D eigenvalue weighted by Gasteiger charge is -2.14. The van der Waals surface area contributed by atoms with Gasteiger partial charge in [-0.25, -0.2) is 4.98 Å². The van der Waals surface area contributed by atoms with Crippen LogP contribution < -0.4 is 10.6 Å². The predicted octanol–water partition coefficient (Wildman–Crippen LogP) is 4.99. The quantitative estimate of drug-likeness (QED) is 0.612. The molecule has 0 amide bonds. The number of rotatable bonds is 5. The van der Waals surface area contributed by atoms with Crippen molar-refractivity contribution >= 4 is 29.2 Å². The van der Waals surface area contributed by atoms with Crippen molar-refractivity contribution in [3.05, 3.63) is 76.9 Å². The molecule has 2 N–H and O–H groups in total. The van der Waals surface area contributed by atoms with E-state index in [1.54, 1.807) is 12.1 Å². The second-order valence-electron chi connectivity index (χ2n) is 5.73. The molecule has 0 bridgehead atoms. The lowest BCUT2D eigenvalue weighted by Crippen LogP contribution is -2.02. The third-order valence-electron chi connectivity index (χ3n) is 3.68. The van der Waals surface area contributed by atoms with Gasteiger partial charge in [-0.05, 0) is 79.0 Å². The number of nitrogens with zero attached hydrogens (tertiary/aromatic N) is 4. The molecule has 0 aliphatic heterocycles. The molecule has 3 aromatic rings. The van der Waals surface area contributed by atoms with Crippen molar-refractivity contribution in [3.8, 4) is 12.1 Å². The first kappa shape index (κ1) is 12.3. The monoisotopic (exact) mass is 372 g/mol. The Morgan fingerprint density at radius 2 is 1.82 bits per heavy atom. The number of aryl methyl sites for hydroxylation is 2. The Morgan fingerprint density at radius 1 is 1.11 bits per heavy atom. The van der Waals surface area contributed by atoms with Crippen molar-refractivity contribution in [2.75, 3.05) is 10.6 Å². The first-order valence-corrected chi connectivity index (χ1v) is 8.18. The maximum atomic E-state index is 9.12. The Balaban J connectivity index is 2.04. The van der Waals surface area contributed by atoms with Crippen LogP contribution in [-0.4, -0.2) is 9.97 Å². The average Bonchev–Trinajstić information content (AvgIpc) is 2.80. The molecule has 2 aromatic carbocycles. The van der Waals surface area contributed by atoms with Crippen LogP contribution in [-0.2, 0) is 0 Å². The second kappa shape index (κ2) is 8.48. The van der Waals surface area contributed by atoms with E-state index in [4.69, 9.17) is 18.8 Å². The van der Waals surface area contributed by atoms with Gasteiger partial charge < -0.3 is 10.6 Å². The summed E-state index contributed by atoms with van der Waals surface area (Å²) in [5.74, 6) is -0.217. The Hall–Kier alpha value is -4.16. The van der Waals surface area contributed by atoms with Gasteiger partial charge in [0, 0.05) is 23.6 Å². The van der Waals surface area contributed by atoms with E-state index >= 15 is 0 Å². The SMILES string of the molecule is [2H]c1cnc(N([2H])c2c([2H])c([2H])c(C#N)c([2H])c2[2H])nc1Nc1c(C)cc(C=CC#N)cc1C. The lowest BCUT2D eigenvalue weighted by molar-refractivity contribution is 1.16. The molecule has 0 saturated heterocycles. The van der Waals surface area contributed by atoms with E-state index in [2.05, 4.69) is 15.3 Å². The fourth-order valence-corrected chi connectivity index (χ4v) is 2.49. The largest absolute Gasteiger partial charge is 0.340 e. The first-order chi connectivity index (χ1) is 16.1. The maximum Gasteiger partial charge on any atom is 0.229 e. The summed E-state index contributed by atoms with van der Waals surface area (Å²) in [6, 6.07) is 4.94. The smallest absolute Gasteiger partial charge is 0.229 e. The molecular weight excluding hydrogens is 348 g/mol. The zero-order valence-corrected chi connectivity index (χ0v) is 15.1. The van der Waals surface area contributed by atoms with Gasteiger partial charge in [0.2, 0.25) is 5.95 Å². The van der Waals surface area contributed by atoms with Crippen molar-refractivity contribution in [2.45, 2.75) is 13.8 Å². The molecule has 6 heteroatoms. The summed E-state index contributed by atoms with van der Waals surface area (Å²) >= 11 is 0. The number of aromatic nitrogens is 2. The van der Waals surface area contributed by atoms with Gasteiger partial charge in [-0.2, -0.15) is 15.5 Å². The summed E-state index contributed by atoms with van der Waals surface area (Å²) in [5.41, 5.74) is 2.32. The zero-order chi connectivity index (χ0) is 25.2. The van der Waals surface area contributed by atoms with Crippen LogP contribution in [0.5, 0.6) is 0 Å². The summed E-state index contributed by atoms with van der Waals surface area (Å²) < 4.78 is 48.6. The molecule has 0 fully saturated rings. The Bertz CT molecular complexity index is 1350. The van der Waals surface area contributed by atoms with Crippen molar-refractivity contribution in [1.29, 1.82) is 10.5 Å². The molecule has 0 aliphatic carbocycles. The number of hydrogen-bond donors (Lipinski definition) is 2. The molecule has 0 spiro atoms. The lowest BCUT2D eigenvalue weighted by atomic mass is 10.0. The van der Waals surface area contributed by atoms with E-state index in [1.807, 2.05) is 32.0 Å². The highest BCUT2D eigenvalue weighted by molar-refractivity contribution is 5.69. The van der Waals surface area contributed by atoms with Crippen molar-refractivity contribution < 1.29 is 8.27 Å². The highest BCUT2D eigenvalue weighted by atomic mass is 15.1. The molecule has 6 nitrogen and oxygen atoms in total. The highest BCUT2D eigenvalue weighted by Gasteiger charge is 2.07. The summed E-state index contributed by atoms with van der Waals surface area (Å²) in [4.78, 5) is 8.14. The molecule has 136 valence electrons. The number of benzene rings is 2. The molecule has 0 aliphatic rings. The van der Waals surface area contributed by atoms with Crippen molar-refractivity contribution in [2.24, 2.45) is 0 Å². The van der Waals surface area contributed by atoms with Crippen LogP contribution in [0, 0.1) is 36.5 Å². The normalized spacial score (nSPS) is 13.3. The Morgan fingerprint density at radius 3 is 2.46 bits per heavy atom. The zero-order valence-electron chi connectivity index (χ0n) is 21.1. The second-order valence-corrected chi connectivity index (χ2v) is 5.73. The molecular formula is C22H18N6. The predicted molar refractivity (Wildman–Crippen MR) is 110 cm³/mol. The molecule has 3 rings (SSSR count). The van der Waals surface area contributed by atoms with Crippen molar-refractivity contribution in [3.63, 3.8) is 0 Å². The first-order valence-electron chi connectivity index (χ1n) is 11.1. The van der Waals surface area contributed by atoms with E-state index in [-0.39, 0.29) is 17.8 Å². The van der Waals surface area contributed by atoms with Crippen LogP contribution in [0.25, 0.3) is 6.08 Å². The number of nitrogens with one attached hydrogen (secondary N) is 2. The van der Waals surface area contributed by atoms with Gasteiger partial charge in [0.25, 0.3) is 0 Å². The number of allylic oxidation sites excluding steroid dienone is 1. The van der Waals surface area contributed by atoms with Gasteiger partial charge in [-0.3, -0.25) is 0 Å². The average molecular weight is 372 g/mol. The third-order valence-corrected chi connectivity index (χ3v) is 3.68. The van der Waals surface area contributed by atoms with Crippen LogP contribution in [0.4, 0.5) is 23.1 Å². The third kappa shape index (κ3) is 4.51. The maximum absolute atomic E-state index is 9.12. The molecule has 1 aromatic heterocycles. The van der Waals surface area contributed by atoms with Crippen molar-refractivity contribution in [1.82, 2.24) is 9.97 Å². The van der Waals surface area contributed by atoms with E-state index in [0.29, 0.717) is 11.0 Å². The van der Waals surface area contributed by atoms with Crippen LogP contribution in [0.15, 0.2) is 54.6 Å². The molecule has 28 heavy (non-hydrogen) atoms. The highest BCUT2D eigenvalue weighted by Crippen LogP contribution is 2.26.